The zero-order valence-electron chi connectivity index (χ0n) is 13.7. The van der Waals surface area contributed by atoms with E-state index in [1.54, 1.807) is 37.4 Å². The lowest BCUT2D eigenvalue weighted by Gasteiger charge is -2.11. The van der Waals surface area contributed by atoms with E-state index >= 15 is 0 Å². The van der Waals surface area contributed by atoms with Crippen LogP contribution in [0.3, 0.4) is 0 Å². The first-order chi connectivity index (χ1) is 11.4. The summed E-state index contributed by atoms with van der Waals surface area (Å²) in [4.78, 5) is 0.289. The number of rotatable bonds is 6. The summed E-state index contributed by atoms with van der Waals surface area (Å²) >= 11 is 0. The van der Waals surface area contributed by atoms with E-state index in [0.717, 1.165) is 11.3 Å². The minimum atomic E-state index is -3.54. The van der Waals surface area contributed by atoms with E-state index < -0.39 is 20.6 Å². The summed E-state index contributed by atoms with van der Waals surface area (Å²) < 4.78 is 36.4. The fourth-order valence-corrected chi connectivity index (χ4v) is 5.68. The standard InChI is InChI=1S/C18H21NO4S/c1-22-12-18(19)16(13-8-10-14(23-2)11-9-13)17(18)24(20,21)15-6-4-3-5-7-15/h3-11,16-17H,12,19H2,1-2H3/t16-,17-,18+/m0/s1. The molecule has 2 N–H and O–H groups in total. The molecule has 1 fully saturated rings. The van der Waals surface area contributed by atoms with Gasteiger partial charge in [-0.05, 0) is 29.8 Å². The molecule has 0 heterocycles. The first-order valence-corrected chi connectivity index (χ1v) is 9.20. The average molecular weight is 347 g/mol. The van der Waals surface area contributed by atoms with Crippen LogP contribution in [0.2, 0.25) is 0 Å². The topological polar surface area (TPSA) is 78.6 Å². The van der Waals surface area contributed by atoms with Crippen LogP contribution >= 0.6 is 0 Å². The van der Waals surface area contributed by atoms with Gasteiger partial charge in [0, 0.05) is 13.0 Å². The van der Waals surface area contributed by atoms with E-state index in [9.17, 15) is 8.42 Å². The predicted molar refractivity (Wildman–Crippen MR) is 91.9 cm³/mol. The number of nitrogens with two attached hydrogens (primary N) is 1. The van der Waals surface area contributed by atoms with Gasteiger partial charge in [0.1, 0.15) is 5.75 Å². The molecule has 2 aromatic rings. The van der Waals surface area contributed by atoms with Crippen molar-refractivity contribution < 1.29 is 17.9 Å². The first-order valence-electron chi connectivity index (χ1n) is 7.66. The minimum Gasteiger partial charge on any atom is -0.497 e. The van der Waals surface area contributed by atoms with Gasteiger partial charge in [-0.3, -0.25) is 0 Å². The van der Waals surface area contributed by atoms with Gasteiger partial charge in [-0.15, -0.1) is 0 Å². The smallest absolute Gasteiger partial charge is 0.183 e. The van der Waals surface area contributed by atoms with Crippen LogP contribution in [0.25, 0.3) is 0 Å². The monoisotopic (exact) mass is 347 g/mol. The van der Waals surface area contributed by atoms with Crippen LogP contribution in [0.5, 0.6) is 5.75 Å². The third-order valence-corrected chi connectivity index (χ3v) is 6.89. The Balaban J connectivity index is 1.99. The lowest BCUT2D eigenvalue weighted by Crippen LogP contribution is -2.35. The molecule has 6 heteroatoms. The van der Waals surface area contributed by atoms with Crippen molar-refractivity contribution >= 4 is 9.84 Å². The Labute approximate surface area is 142 Å². The second-order valence-electron chi connectivity index (χ2n) is 6.07. The van der Waals surface area contributed by atoms with Crippen LogP contribution in [0.15, 0.2) is 59.5 Å². The minimum absolute atomic E-state index is 0.181. The van der Waals surface area contributed by atoms with Gasteiger partial charge in [-0.1, -0.05) is 30.3 Å². The number of benzene rings is 2. The molecule has 128 valence electrons. The van der Waals surface area contributed by atoms with Crippen LogP contribution in [0, 0.1) is 0 Å². The van der Waals surface area contributed by atoms with Gasteiger partial charge in [0.05, 0.1) is 29.4 Å². The maximum atomic E-state index is 13.0. The molecule has 0 aromatic heterocycles. The molecule has 0 bridgehead atoms. The number of hydrogen-bond donors (Lipinski definition) is 1. The lowest BCUT2D eigenvalue weighted by molar-refractivity contribution is 0.171. The zero-order chi connectivity index (χ0) is 17.4. The maximum Gasteiger partial charge on any atom is 0.183 e. The van der Waals surface area contributed by atoms with E-state index in [4.69, 9.17) is 15.2 Å². The summed E-state index contributed by atoms with van der Waals surface area (Å²) in [7, 11) is -0.423. The van der Waals surface area contributed by atoms with Gasteiger partial charge in [-0.25, -0.2) is 8.42 Å². The van der Waals surface area contributed by atoms with Crippen molar-refractivity contribution in [1.82, 2.24) is 0 Å². The van der Waals surface area contributed by atoms with Crippen molar-refractivity contribution in [1.29, 1.82) is 0 Å². The van der Waals surface area contributed by atoms with Gasteiger partial charge < -0.3 is 15.2 Å². The number of hydrogen-bond acceptors (Lipinski definition) is 5. The fraction of sp³-hybridized carbons (Fsp3) is 0.333. The van der Waals surface area contributed by atoms with Gasteiger partial charge >= 0.3 is 0 Å². The summed E-state index contributed by atoms with van der Waals surface area (Å²) in [5.41, 5.74) is 6.38. The molecule has 1 saturated carbocycles. The van der Waals surface area contributed by atoms with Crippen molar-refractivity contribution in [3.05, 3.63) is 60.2 Å². The van der Waals surface area contributed by atoms with E-state index in [-0.39, 0.29) is 17.4 Å². The second-order valence-corrected chi connectivity index (χ2v) is 8.14. The van der Waals surface area contributed by atoms with E-state index in [1.165, 1.54) is 7.11 Å². The average Bonchev–Trinajstić information content (AvgIpc) is 3.22. The molecule has 3 rings (SSSR count). The number of methoxy groups -OCH3 is 2. The number of ether oxygens (including phenoxy) is 2. The summed E-state index contributed by atoms with van der Waals surface area (Å²) in [6.45, 7) is 0.181. The molecule has 0 amide bonds. The van der Waals surface area contributed by atoms with E-state index in [2.05, 4.69) is 0 Å². The van der Waals surface area contributed by atoms with Crippen LogP contribution in [0.4, 0.5) is 0 Å². The third-order valence-electron chi connectivity index (χ3n) is 4.58. The molecule has 0 spiro atoms. The van der Waals surface area contributed by atoms with E-state index in [1.807, 2.05) is 24.3 Å². The molecule has 0 saturated heterocycles. The normalized spacial score (nSPS) is 26.1. The SMILES string of the molecule is COC[C@@]1(N)[C@@H](c2ccc(OC)cc2)[C@@H]1S(=O)(=O)c1ccccc1. The highest BCUT2D eigenvalue weighted by Gasteiger charge is 2.69. The molecule has 0 radical (unpaired) electrons. The van der Waals surface area contributed by atoms with Crippen molar-refractivity contribution in [3.63, 3.8) is 0 Å². The molecule has 2 aromatic carbocycles. The summed E-state index contributed by atoms with van der Waals surface area (Å²) in [6, 6.07) is 15.8. The molecular weight excluding hydrogens is 326 g/mol. The first kappa shape index (κ1) is 17.0. The molecule has 24 heavy (non-hydrogen) atoms. The quantitative estimate of drug-likeness (QED) is 0.864. The summed E-state index contributed by atoms with van der Waals surface area (Å²) in [5.74, 6) is 0.407. The molecule has 3 atom stereocenters. The van der Waals surface area contributed by atoms with E-state index in [0.29, 0.717) is 0 Å². The van der Waals surface area contributed by atoms with Crippen LogP contribution in [-0.2, 0) is 14.6 Å². The van der Waals surface area contributed by atoms with Gasteiger partial charge in [-0.2, -0.15) is 0 Å². The predicted octanol–water partition coefficient (Wildman–Crippen LogP) is 1.98. The zero-order valence-corrected chi connectivity index (χ0v) is 14.5. The highest BCUT2D eigenvalue weighted by Crippen LogP contribution is 2.55. The Morgan fingerprint density at radius 2 is 1.67 bits per heavy atom. The van der Waals surface area contributed by atoms with Crippen LogP contribution in [-0.4, -0.2) is 40.0 Å². The Morgan fingerprint density at radius 3 is 2.21 bits per heavy atom. The maximum absolute atomic E-state index is 13.0. The van der Waals surface area contributed by atoms with Crippen molar-refractivity contribution in [2.75, 3.05) is 20.8 Å². The van der Waals surface area contributed by atoms with Crippen molar-refractivity contribution in [2.24, 2.45) is 5.73 Å². The van der Waals surface area contributed by atoms with Crippen molar-refractivity contribution in [3.8, 4) is 5.75 Å². The second kappa shape index (κ2) is 6.20. The molecule has 0 unspecified atom stereocenters. The Morgan fingerprint density at radius 1 is 1.04 bits per heavy atom. The Kier molecular flexibility index (Phi) is 4.38. The van der Waals surface area contributed by atoms with Gasteiger partial charge in [0.2, 0.25) is 0 Å². The van der Waals surface area contributed by atoms with Crippen molar-refractivity contribution in [2.45, 2.75) is 21.6 Å². The lowest BCUT2D eigenvalue weighted by atomic mass is 10.1. The molecular formula is C18H21NO4S. The number of sulfone groups is 1. The Hall–Kier alpha value is -1.89. The van der Waals surface area contributed by atoms with Crippen LogP contribution < -0.4 is 10.5 Å². The van der Waals surface area contributed by atoms with Gasteiger partial charge in [0.15, 0.2) is 9.84 Å². The highest BCUT2D eigenvalue weighted by atomic mass is 32.2. The van der Waals surface area contributed by atoms with Gasteiger partial charge in [0.25, 0.3) is 0 Å². The Bertz CT molecular complexity index is 805. The third kappa shape index (κ3) is 2.70. The molecule has 5 nitrogen and oxygen atoms in total. The summed E-state index contributed by atoms with van der Waals surface area (Å²) in [6.07, 6.45) is 0. The molecule has 1 aliphatic carbocycles. The molecule has 1 aliphatic rings. The summed E-state index contributed by atoms with van der Waals surface area (Å²) in [5, 5.41) is -0.708. The molecule has 0 aliphatic heterocycles. The fourth-order valence-electron chi connectivity index (χ4n) is 3.37. The van der Waals surface area contributed by atoms with Crippen LogP contribution in [0.1, 0.15) is 11.5 Å². The largest absolute Gasteiger partial charge is 0.497 e. The highest BCUT2D eigenvalue weighted by molar-refractivity contribution is 7.92.